The van der Waals surface area contributed by atoms with Crippen LogP contribution in [0, 0.1) is 0 Å². The van der Waals surface area contributed by atoms with E-state index in [9.17, 15) is 4.79 Å². The van der Waals surface area contributed by atoms with Crippen LogP contribution in [-0.2, 0) is 11.3 Å². The summed E-state index contributed by atoms with van der Waals surface area (Å²) in [5.41, 5.74) is 2.84. The Morgan fingerprint density at radius 1 is 1.47 bits per heavy atom. The van der Waals surface area contributed by atoms with E-state index in [0.29, 0.717) is 17.5 Å². The Morgan fingerprint density at radius 3 is 2.95 bits per heavy atom. The Labute approximate surface area is 114 Å². The van der Waals surface area contributed by atoms with Crippen LogP contribution < -0.4 is 11.3 Å². The maximum Gasteiger partial charge on any atom is 0.244 e. The zero-order valence-corrected chi connectivity index (χ0v) is 11.2. The van der Waals surface area contributed by atoms with Gasteiger partial charge in [0.25, 0.3) is 0 Å². The second-order valence-electron chi connectivity index (χ2n) is 3.62. The number of nitrogens with one attached hydrogen (secondary N) is 1. The highest BCUT2D eigenvalue weighted by molar-refractivity contribution is 7.99. The second-order valence-corrected chi connectivity index (χ2v) is 4.56. The molecule has 0 aliphatic rings. The van der Waals surface area contributed by atoms with Crippen LogP contribution in [0.2, 0.25) is 0 Å². The minimum Gasteiger partial charge on any atom is -0.301 e. The first-order valence-corrected chi connectivity index (χ1v) is 6.71. The van der Waals surface area contributed by atoms with Gasteiger partial charge in [0.15, 0.2) is 11.0 Å². The van der Waals surface area contributed by atoms with Gasteiger partial charge in [0, 0.05) is 12.7 Å². The minimum absolute atomic E-state index is 0.205. The van der Waals surface area contributed by atoms with Gasteiger partial charge in [-0.2, -0.15) is 0 Å². The number of nitrogens with zero attached hydrogens (tertiary/aromatic N) is 4. The molecule has 19 heavy (non-hydrogen) atoms. The second kappa shape index (κ2) is 6.30. The molecule has 0 bridgehead atoms. The largest absolute Gasteiger partial charge is 0.301 e. The first kappa shape index (κ1) is 13.5. The average molecular weight is 278 g/mol. The van der Waals surface area contributed by atoms with Gasteiger partial charge in [-0.25, -0.2) is 5.84 Å². The SMILES string of the molecule is CCn1c(SCC(=O)NN)nnc1-c1ccccn1. The number of rotatable bonds is 5. The molecule has 0 radical (unpaired) electrons. The summed E-state index contributed by atoms with van der Waals surface area (Å²) in [6, 6.07) is 5.61. The lowest BCUT2D eigenvalue weighted by Crippen LogP contribution is -2.31. The summed E-state index contributed by atoms with van der Waals surface area (Å²) >= 11 is 1.29. The molecular weight excluding hydrogens is 264 g/mol. The molecule has 0 atom stereocenters. The van der Waals surface area contributed by atoms with Gasteiger partial charge in [-0.15, -0.1) is 10.2 Å². The molecule has 0 saturated carbocycles. The fourth-order valence-corrected chi connectivity index (χ4v) is 2.35. The number of hydrazine groups is 1. The molecule has 0 aliphatic heterocycles. The van der Waals surface area contributed by atoms with Gasteiger partial charge in [-0.05, 0) is 19.1 Å². The Balaban J connectivity index is 2.23. The lowest BCUT2D eigenvalue weighted by Gasteiger charge is -2.06. The number of hydrogen-bond acceptors (Lipinski definition) is 6. The van der Waals surface area contributed by atoms with Gasteiger partial charge in [0.2, 0.25) is 5.91 Å². The van der Waals surface area contributed by atoms with E-state index in [4.69, 9.17) is 5.84 Å². The van der Waals surface area contributed by atoms with Crippen LogP contribution in [0.1, 0.15) is 6.92 Å². The molecule has 2 aromatic rings. The molecule has 0 fully saturated rings. The number of hydrogen-bond donors (Lipinski definition) is 2. The summed E-state index contributed by atoms with van der Waals surface area (Å²) in [5.74, 6) is 5.68. The van der Waals surface area contributed by atoms with Crippen LogP contribution in [0.4, 0.5) is 0 Å². The highest BCUT2D eigenvalue weighted by atomic mass is 32.2. The fourth-order valence-electron chi connectivity index (χ4n) is 1.54. The Kier molecular flexibility index (Phi) is 4.48. The molecule has 0 aliphatic carbocycles. The summed E-state index contributed by atoms with van der Waals surface area (Å²) in [4.78, 5) is 15.4. The van der Waals surface area contributed by atoms with Gasteiger partial charge < -0.3 is 4.57 Å². The topological polar surface area (TPSA) is 98.7 Å². The Hall–Kier alpha value is -1.93. The highest BCUT2D eigenvalue weighted by Crippen LogP contribution is 2.22. The van der Waals surface area contributed by atoms with Crippen molar-refractivity contribution in [3.05, 3.63) is 24.4 Å². The number of thioether (sulfide) groups is 1. The van der Waals surface area contributed by atoms with E-state index in [1.807, 2.05) is 29.7 Å². The lowest BCUT2D eigenvalue weighted by atomic mass is 10.3. The molecule has 0 unspecified atom stereocenters. The number of amides is 1. The molecule has 1 amide bonds. The minimum atomic E-state index is -0.255. The smallest absolute Gasteiger partial charge is 0.244 e. The molecule has 100 valence electrons. The molecule has 2 rings (SSSR count). The number of aromatic nitrogens is 4. The maximum absolute atomic E-state index is 11.1. The van der Waals surface area contributed by atoms with Crippen molar-refractivity contribution in [1.82, 2.24) is 25.2 Å². The summed E-state index contributed by atoms with van der Waals surface area (Å²) < 4.78 is 1.91. The van der Waals surface area contributed by atoms with Gasteiger partial charge in [0.05, 0.1) is 5.75 Å². The van der Waals surface area contributed by atoms with Crippen molar-refractivity contribution in [2.75, 3.05) is 5.75 Å². The molecule has 0 aromatic carbocycles. The van der Waals surface area contributed by atoms with Gasteiger partial charge in [-0.3, -0.25) is 15.2 Å². The van der Waals surface area contributed by atoms with E-state index in [-0.39, 0.29) is 11.7 Å². The zero-order valence-electron chi connectivity index (χ0n) is 10.4. The predicted molar refractivity (Wildman–Crippen MR) is 72.0 cm³/mol. The molecule has 0 saturated heterocycles. The molecule has 0 spiro atoms. The number of carbonyl (C=O) groups excluding carboxylic acids is 1. The van der Waals surface area contributed by atoms with E-state index in [1.54, 1.807) is 6.20 Å². The monoisotopic (exact) mass is 278 g/mol. The average Bonchev–Trinajstić information content (AvgIpc) is 2.88. The van der Waals surface area contributed by atoms with Crippen molar-refractivity contribution in [1.29, 1.82) is 0 Å². The van der Waals surface area contributed by atoms with Crippen LogP contribution in [0.5, 0.6) is 0 Å². The summed E-state index contributed by atoms with van der Waals surface area (Å²) in [6.45, 7) is 2.69. The highest BCUT2D eigenvalue weighted by Gasteiger charge is 2.14. The molecule has 8 heteroatoms. The first-order valence-electron chi connectivity index (χ1n) is 5.73. The predicted octanol–water partition coefficient (Wildman–Crippen LogP) is 0.442. The van der Waals surface area contributed by atoms with E-state index in [1.165, 1.54) is 11.8 Å². The van der Waals surface area contributed by atoms with Crippen LogP contribution in [0.3, 0.4) is 0 Å². The van der Waals surface area contributed by atoms with Crippen molar-refractivity contribution < 1.29 is 4.79 Å². The van der Waals surface area contributed by atoms with Gasteiger partial charge in [-0.1, -0.05) is 17.8 Å². The van der Waals surface area contributed by atoms with Crippen LogP contribution in [-0.4, -0.2) is 31.4 Å². The molecule has 2 heterocycles. The molecule has 7 nitrogen and oxygen atoms in total. The number of carbonyl (C=O) groups is 1. The standard InChI is InChI=1S/C11H14N6OS/c1-2-17-10(8-5-3-4-6-13-8)15-16-11(17)19-7-9(18)14-12/h3-6H,2,7,12H2,1H3,(H,14,18). The zero-order chi connectivity index (χ0) is 13.7. The van der Waals surface area contributed by atoms with Crippen molar-refractivity contribution in [3.63, 3.8) is 0 Å². The van der Waals surface area contributed by atoms with Crippen molar-refractivity contribution in [2.45, 2.75) is 18.6 Å². The van der Waals surface area contributed by atoms with Gasteiger partial charge >= 0.3 is 0 Å². The maximum atomic E-state index is 11.1. The summed E-state index contributed by atoms with van der Waals surface area (Å²) in [6.07, 6.45) is 1.71. The van der Waals surface area contributed by atoms with E-state index >= 15 is 0 Å². The molecule has 2 aromatic heterocycles. The van der Waals surface area contributed by atoms with E-state index in [2.05, 4.69) is 20.6 Å². The Bertz CT molecular complexity index is 556. The van der Waals surface area contributed by atoms with E-state index < -0.39 is 0 Å². The fraction of sp³-hybridized carbons (Fsp3) is 0.273. The summed E-state index contributed by atoms with van der Waals surface area (Å²) in [7, 11) is 0. The first-order chi connectivity index (χ1) is 9.26. The van der Waals surface area contributed by atoms with Gasteiger partial charge in [0.1, 0.15) is 5.69 Å². The van der Waals surface area contributed by atoms with Crippen molar-refractivity contribution >= 4 is 17.7 Å². The Morgan fingerprint density at radius 2 is 2.32 bits per heavy atom. The molecular formula is C11H14N6OS. The third kappa shape index (κ3) is 3.09. The molecule has 3 N–H and O–H groups in total. The number of pyridine rings is 1. The lowest BCUT2D eigenvalue weighted by molar-refractivity contribution is -0.118. The van der Waals surface area contributed by atoms with E-state index in [0.717, 1.165) is 5.69 Å². The van der Waals surface area contributed by atoms with Crippen LogP contribution >= 0.6 is 11.8 Å². The van der Waals surface area contributed by atoms with Crippen molar-refractivity contribution in [3.8, 4) is 11.5 Å². The quantitative estimate of drug-likeness (QED) is 0.356. The summed E-state index contributed by atoms with van der Waals surface area (Å²) in [5, 5.41) is 8.89. The van der Waals surface area contributed by atoms with Crippen LogP contribution in [0.15, 0.2) is 29.6 Å². The third-order valence-corrected chi connectivity index (χ3v) is 3.39. The van der Waals surface area contributed by atoms with Crippen molar-refractivity contribution in [2.24, 2.45) is 5.84 Å². The third-order valence-electron chi connectivity index (χ3n) is 2.42. The van der Waals surface area contributed by atoms with Crippen LogP contribution in [0.25, 0.3) is 11.5 Å². The normalized spacial score (nSPS) is 10.4. The number of nitrogens with two attached hydrogens (primary N) is 1.